The predicted octanol–water partition coefficient (Wildman–Crippen LogP) is 3.68. The molecule has 0 amide bonds. The molecule has 3 N–H and O–H groups in total. The summed E-state index contributed by atoms with van der Waals surface area (Å²) in [5.41, 5.74) is 7.82. The summed E-state index contributed by atoms with van der Waals surface area (Å²) in [6, 6.07) is 5.16. The molecule has 1 aromatic heterocycles. The van der Waals surface area contributed by atoms with Gasteiger partial charge in [-0.1, -0.05) is 6.07 Å². The fraction of sp³-hybridized carbons (Fsp3) is 0.231. The van der Waals surface area contributed by atoms with E-state index in [2.05, 4.69) is 36.6 Å². The molecule has 8 heteroatoms. The molecular weight excluding hydrogens is 424 g/mol. The summed E-state index contributed by atoms with van der Waals surface area (Å²) in [6.45, 7) is 3.91. The topological polar surface area (TPSA) is 85.3 Å². The standard InChI is InChI=1S/C13H14Br2N2O3S/c1-7-3-8(2)12(10(14)4-7)17-21(18,19)11-5-9(6-16)20-13(11)15/h3-5,17H,6,16H2,1-2H3. The normalized spacial score (nSPS) is 11.7. The molecule has 2 aromatic rings. The van der Waals surface area contributed by atoms with Gasteiger partial charge in [0.15, 0.2) is 4.67 Å². The van der Waals surface area contributed by atoms with Crippen molar-refractivity contribution in [3.8, 4) is 0 Å². The zero-order valence-corrected chi connectivity index (χ0v) is 15.4. The van der Waals surface area contributed by atoms with Crippen LogP contribution in [0.5, 0.6) is 0 Å². The van der Waals surface area contributed by atoms with Gasteiger partial charge in [0.1, 0.15) is 10.7 Å². The van der Waals surface area contributed by atoms with Gasteiger partial charge in [0, 0.05) is 10.5 Å². The molecule has 0 radical (unpaired) electrons. The van der Waals surface area contributed by atoms with Crippen molar-refractivity contribution in [2.45, 2.75) is 25.3 Å². The van der Waals surface area contributed by atoms with E-state index in [4.69, 9.17) is 10.2 Å². The third-order valence-electron chi connectivity index (χ3n) is 2.87. The molecule has 0 unspecified atom stereocenters. The molecule has 0 bridgehead atoms. The van der Waals surface area contributed by atoms with Crippen molar-refractivity contribution >= 4 is 47.6 Å². The van der Waals surface area contributed by atoms with Crippen molar-refractivity contribution < 1.29 is 12.8 Å². The van der Waals surface area contributed by atoms with Crippen molar-refractivity contribution in [3.63, 3.8) is 0 Å². The van der Waals surface area contributed by atoms with Crippen molar-refractivity contribution in [2.75, 3.05) is 4.72 Å². The van der Waals surface area contributed by atoms with E-state index in [1.165, 1.54) is 6.07 Å². The zero-order chi connectivity index (χ0) is 15.8. The molecule has 0 fully saturated rings. The lowest BCUT2D eigenvalue weighted by Crippen LogP contribution is -2.14. The first-order valence-corrected chi connectivity index (χ1v) is 9.09. The predicted molar refractivity (Wildman–Crippen MR) is 88.7 cm³/mol. The Bertz CT molecular complexity index is 762. The lowest BCUT2D eigenvalue weighted by Gasteiger charge is -2.12. The minimum Gasteiger partial charge on any atom is -0.452 e. The van der Waals surface area contributed by atoms with E-state index in [0.717, 1.165) is 11.1 Å². The van der Waals surface area contributed by atoms with Crippen LogP contribution in [0.4, 0.5) is 5.69 Å². The van der Waals surface area contributed by atoms with Crippen molar-refractivity contribution in [3.05, 3.63) is 44.2 Å². The summed E-state index contributed by atoms with van der Waals surface area (Å²) in [7, 11) is -3.77. The number of aryl methyl sites for hydroxylation is 2. The molecule has 2 rings (SSSR count). The fourth-order valence-corrected chi connectivity index (χ4v) is 4.97. The largest absolute Gasteiger partial charge is 0.452 e. The summed E-state index contributed by atoms with van der Waals surface area (Å²) >= 11 is 6.48. The average molecular weight is 438 g/mol. The van der Waals surface area contributed by atoms with E-state index in [0.29, 0.717) is 15.9 Å². The highest BCUT2D eigenvalue weighted by atomic mass is 79.9. The number of furan rings is 1. The minimum atomic E-state index is -3.77. The van der Waals surface area contributed by atoms with Crippen molar-refractivity contribution in [1.29, 1.82) is 0 Å². The third kappa shape index (κ3) is 3.50. The lowest BCUT2D eigenvalue weighted by molar-refractivity contribution is 0.484. The van der Waals surface area contributed by atoms with Gasteiger partial charge >= 0.3 is 0 Å². The van der Waals surface area contributed by atoms with Crippen LogP contribution in [-0.4, -0.2) is 8.42 Å². The zero-order valence-electron chi connectivity index (χ0n) is 11.4. The van der Waals surface area contributed by atoms with Gasteiger partial charge in [0.25, 0.3) is 10.0 Å². The van der Waals surface area contributed by atoms with Crippen molar-refractivity contribution in [2.24, 2.45) is 5.73 Å². The van der Waals surface area contributed by atoms with Crippen LogP contribution in [0.3, 0.4) is 0 Å². The van der Waals surface area contributed by atoms with Crippen LogP contribution in [0.2, 0.25) is 0 Å². The number of rotatable bonds is 4. The Morgan fingerprint density at radius 1 is 1.24 bits per heavy atom. The first-order valence-electron chi connectivity index (χ1n) is 6.02. The van der Waals surface area contributed by atoms with E-state index in [1.807, 2.05) is 26.0 Å². The molecule has 0 atom stereocenters. The molecule has 114 valence electrons. The molecule has 1 aromatic carbocycles. The molecule has 0 saturated carbocycles. The highest BCUT2D eigenvalue weighted by Crippen LogP contribution is 2.32. The Hall–Kier alpha value is -0.830. The second-order valence-corrected chi connectivity index (χ2v) is 7.82. The first kappa shape index (κ1) is 16.5. The van der Waals surface area contributed by atoms with Gasteiger partial charge in [-0.15, -0.1) is 0 Å². The van der Waals surface area contributed by atoms with Crippen LogP contribution in [0.1, 0.15) is 16.9 Å². The van der Waals surface area contributed by atoms with E-state index < -0.39 is 10.0 Å². The van der Waals surface area contributed by atoms with Crippen LogP contribution in [0, 0.1) is 13.8 Å². The van der Waals surface area contributed by atoms with E-state index in [-0.39, 0.29) is 16.1 Å². The van der Waals surface area contributed by atoms with E-state index >= 15 is 0 Å². The first-order chi connectivity index (χ1) is 9.74. The molecule has 0 spiro atoms. The Morgan fingerprint density at radius 2 is 1.90 bits per heavy atom. The molecule has 5 nitrogen and oxygen atoms in total. The number of sulfonamides is 1. The second-order valence-electron chi connectivity index (χ2n) is 4.60. The maximum absolute atomic E-state index is 12.5. The Morgan fingerprint density at radius 3 is 2.43 bits per heavy atom. The fourth-order valence-electron chi connectivity index (χ4n) is 1.92. The maximum Gasteiger partial charge on any atom is 0.266 e. The monoisotopic (exact) mass is 436 g/mol. The van der Waals surface area contributed by atoms with Gasteiger partial charge in [-0.2, -0.15) is 0 Å². The van der Waals surface area contributed by atoms with Gasteiger partial charge in [-0.05, 0) is 62.9 Å². The summed E-state index contributed by atoms with van der Waals surface area (Å²) in [5.74, 6) is 0.391. The lowest BCUT2D eigenvalue weighted by atomic mass is 10.1. The van der Waals surface area contributed by atoms with Gasteiger partial charge < -0.3 is 10.2 Å². The Kier molecular flexibility index (Phi) is 4.82. The highest BCUT2D eigenvalue weighted by Gasteiger charge is 2.23. The molecule has 0 saturated heterocycles. The minimum absolute atomic E-state index is 0.0230. The average Bonchev–Trinajstić information content (AvgIpc) is 2.76. The molecule has 0 aliphatic rings. The van der Waals surface area contributed by atoms with Crippen LogP contribution < -0.4 is 10.5 Å². The number of benzene rings is 1. The van der Waals surface area contributed by atoms with E-state index in [9.17, 15) is 8.42 Å². The number of hydrogen-bond donors (Lipinski definition) is 2. The summed E-state index contributed by atoms with van der Waals surface area (Å²) in [4.78, 5) is 0.0230. The van der Waals surface area contributed by atoms with Crippen LogP contribution >= 0.6 is 31.9 Å². The number of halogens is 2. The van der Waals surface area contributed by atoms with Gasteiger partial charge in [0.2, 0.25) is 0 Å². The summed E-state index contributed by atoms with van der Waals surface area (Å²) in [5, 5.41) is 0. The number of hydrogen-bond acceptors (Lipinski definition) is 4. The summed E-state index contributed by atoms with van der Waals surface area (Å²) < 4.78 is 33.6. The molecule has 1 heterocycles. The van der Waals surface area contributed by atoms with Crippen LogP contribution in [-0.2, 0) is 16.6 Å². The molecule has 21 heavy (non-hydrogen) atoms. The number of nitrogens with one attached hydrogen (secondary N) is 1. The highest BCUT2D eigenvalue weighted by molar-refractivity contribution is 9.10. The molecule has 0 aliphatic heterocycles. The third-order valence-corrected chi connectivity index (χ3v) is 5.70. The van der Waals surface area contributed by atoms with Crippen LogP contribution in [0.25, 0.3) is 0 Å². The maximum atomic E-state index is 12.5. The SMILES string of the molecule is Cc1cc(C)c(NS(=O)(=O)c2cc(CN)oc2Br)c(Br)c1. The Labute approximate surface area is 140 Å². The van der Waals surface area contributed by atoms with Crippen LogP contribution in [0.15, 0.2) is 36.7 Å². The Balaban J connectivity index is 2.44. The smallest absolute Gasteiger partial charge is 0.266 e. The van der Waals surface area contributed by atoms with E-state index in [1.54, 1.807) is 0 Å². The number of anilines is 1. The summed E-state index contributed by atoms with van der Waals surface area (Å²) in [6.07, 6.45) is 0. The second kappa shape index (κ2) is 6.12. The van der Waals surface area contributed by atoms with Crippen molar-refractivity contribution in [1.82, 2.24) is 0 Å². The van der Waals surface area contributed by atoms with Gasteiger partial charge in [-0.25, -0.2) is 8.42 Å². The quantitative estimate of drug-likeness (QED) is 0.763. The number of nitrogens with two attached hydrogens (primary N) is 1. The molecule has 0 aliphatic carbocycles. The molecular formula is C13H14Br2N2O3S. The van der Waals surface area contributed by atoms with Gasteiger partial charge in [0.05, 0.1) is 12.2 Å². The van der Waals surface area contributed by atoms with Gasteiger partial charge in [-0.3, -0.25) is 4.72 Å².